The number of phenolic OH excluding ortho intramolecular Hbond substituents is 2. The number of aliphatic hydroxyl groups excluding tert-OH is 5. The number of likely N-dealkylation sites (tertiary alicyclic amines) is 1. The van der Waals surface area contributed by atoms with Crippen molar-refractivity contribution in [3.63, 3.8) is 0 Å². The standard InChI is InChI=1S/C66H91N9O24/c1-29(2)20-39(61(91)70-38-22-48(98-32(5)54(38)84)99-44-24-66(96,45(81)28-78)23-36-50(44)58(88)52-51(56(36)86)55(85)35-15-11-16-43(97-6)49(35)57(52)87)71-62(92)40(26-76)73-60(90)37(18-19-46(67)82)69-65(95)53(33-13-8-7-9-14-33)74-63(93)41(27-77)72-59(89)31(4)68-64(94)42-21-34(80)25-75(42)47(83)17-10-12-30(3)79/h11,15-16,29,31-34,37-42,44,48,53-54,76-78,80,84,86,88,96H,7-10,12-14,17-28H2,1-6H3,(H2,67,82)(H,68,94)(H,69,95)(H,70,91)(H,71,92)(H,72,89)(H,73,90)(H,74,93)/t31-,32?,34+,37-,38?,39-,40-,41-,42-,44-,48?,53-,54?,66-/m0/s1. The van der Waals surface area contributed by atoms with Gasteiger partial charge in [0.2, 0.25) is 58.9 Å². The van der Waals surface area contributed by atoms with Gasteiger partial charge in [0.25, 0.3) is 0 Å². The summed E-state index contributed by atoms with van der Waals surface area (Å²) in [6.07, 6.45) is -7.01. The van der Waals surface area contributed by atoms with E-state index in [-0.39, 0.29) is 78.4 Å². The Morgan fingerprint density at radius 1 is 0.737 bits per heavy atom. The van der Waals surface area contributed by atoms with E-state index in [4.69, 9.17) is 19.9 Å². The van der Waals surface area contributed by atoms with Crippen LogP contribution in [0.25, 0.3) is 0 Å². The molecule has 14 atom stereocenters. The molecule has 9 amide bonds. The van der Waals surface area contributed by atoms with Crippen LogP contribution in [0.4, 0.5) is 0 Å². The Balaban J connectivity index is 1.03. The van der Waals surface area contributed by atoms with Crippen molar-refractivity contribution in [1.29, 1.82) is 0 Å². The van der Waals surface area contributed by atoms with Gasteiger partial charge in [0.1, 0.15) is 83.6 Å². The summed E-state index contributed by atoms with van der Waals surface area (Å²) < 4.78 is 17.7. The third-order valence-electron chi connectivity index (χ3n) is 18.6. The van der Waals surface area contributed by atoms with Crippen LogP contribution in [0.15, 0.2) is 18.2 Å². The predicted molar refractivity (Wildman–Crippen MR) is 342 cm³/mol. The third kappa shape index (κ3) is 18.5. The Morgan fingerprint density at radius 2 is 1.35 bits per heavy atom. The molecule has 2 heterocycles. The number of aromatic hydroxyl groups is 2. The lowest BCUT2D eigenvalue weighted by molar-refractivity contribution is -0.249. The summed E-state index contributed by atoms with van der Waals surface area (Å²) in [5.41, 5.74) is 0.586. The quantitative estimate of drug-likeness (QED) is 0.0280. The first-order valence-corrected chi connectivity index (χ1v) is 33.1. The molecule has 2 aromatic rings. The monoisotopic (exact) mass is 1390 g/mol. The number of primary amides is 1. The molecule has 99 heavy (non-hydrogen) atoms. The van der Waals surface area contributed by atoms with Crippen LogP contribution < -0.4 is 47.7 Å². The first kappa shape index (κ1) is 77.8. The molecule has 0 radical (unpaired) electrons. The summed E-state index contributed by atoms with van der Waals surface area (Å²) in [5, 5.41) is 106. The van der Waals surface area contributed by atoms with E-state index >= 15 is 0 Å². The number of hydrogen-bond acceptors (Lipinski definition) is 24. The van der Waals surface area contributed by atoms with E-state index in [1.807, 2.05) is 0 Å². The van der Waals surface area contributed by atoms with Crippen molar-refractivity contribution in [2.24, 2.45) is 17.6 Å². The first-order valence-electron chi connectivity index (χ1n) is 33.1. The number of amides is 9. The maximum atomic E-state index is 14.4. The van der Waals surface area contributed by atoms with Crippen molar-refractivity contribution in [3.8, 4) is 17.2 Å². The number of aliphatic hydroxyl groups is 6. The smallest absolute Gasteiger partial charge is 0.245 e. The van der Waals surface area contributed by atoms with Crippen molar-refractivity contribution in [3.05, 3.63) is 51.6 Å². The van der Waals surface area contributed by atoms with Crippen molar-refractivity contribution in [1.82, 2.24) is 42.1 Å². The summed E-state index contributed by atoms with van der Waals surface area (Å²) in [6.45, 7) is 3.96. The molecular formula is C66H91N9O24. The van der Waals surface area contributed by atoms with Crippen LogP contribution in [0, 0.1) is 11.8 Å². The zero-order valence-electron chi connectivity index (χ0n) is 56.0. The Labute approximate surface area is 569 Å². The number of rotatable bonds is 31. The van der Waals surface area contributed by atoms with Gasteiger partial charge in [-0.15, -0.1) is 0 Å². The van der Waals surface area contributed by atoms with Crippen molar-refractivity contribution < 1.29 is 117 Å². The number of ether oxygens (including phenoxy) is 3. The molecule has 33 heteroatoms. The molecule has 5 aliphatic rings. The highest BCUT2D eigenvalue weighted by atomic mass is 16.7. The Hall–Kier alpha value is -8.57. The van der Waals surface area contributed by atoms with Gasteiger partial charge in [-0.05, 0) is 70.8 Å². The molecule has 2 aliphatic heterocycles. The number of nitrogens with two attached hydrogens (primary N) is 1. The highest BCUT2D eigenvalue weighted by Gasteiger charge is 2.51. The van der Waals surface area contributed by atoms with Crippen LogP contribution in [0.5, 0.6) is 17.2 Å². The molecule has 17 N–H and O–H groups in total. The van der Waals surface area contributed by atoms with Crippen LogP contribution in [0.3, 0.4) is 0 Å². The SMILES string of the molecule is COc1cccc2c1C(=O)c1c(O)c3c(c(O)c1C2=O)C[C@@](O)(C(=O)CO)C[C@@H]3OC1CC(NC(=O)[C@H](CC(C)C)NC(=O)[C@H](CO)NC(=O)[C@H](CCC(N)=O)NC(=O)[C@@H](NC(=O)[C@H](CO)NC(=O)[C@H](C)NC(=O)[C@@H]2C[C@@H](O)CN2C(=O)CCCC(C)=O)C2CCCCC2)C(O)C(C)O1. The minimum Gasteiger partial charge on any atom is -0.507 e. The van der Waals surface area contributed by atoms with Crippen LogP contribution in [-0.2, 0) is 68.6 Å². The van der Waals surface area contributed by atoms with Gasteiger partial charge < -0.3 is 108 Å². The van der Waals surface area contributed by atoms with Crippen molar-refractivity contribution in [2.75, 3.05) is 33.5 Å². The second-order valence-electron chi connectivity index (χ2n) is 26.5. The van der Waals surface area contributed by atoms with E-state index in [1.165, 1.54) is 46.1 Å². The average molecular weight is 1390 g/mol. The van der Waals surface area contributed by atoms with Gasteiger partial charge in [0, 0.05) is 68.2 Å². The molecule has 3 fully saturated rings. The summed E-state index contributed by atoms with van der Waals surface area (Å²) in [6, 6.07) is -7.90. The summed E-state index contributed by atoms with van der Waals surface area (Å²) in [7, 11) is 1.25. The lowest BCUT2D eigenvalue weighted by atomic mass is 9.72. The maximum Gasteiger partial charge on any atom is 0.245 e. The van der Waals surface area contributed by atoms with Crippen LogP contribution in [-0.4, -0.2) is 234 Å². The summed E-state index contributed by atoms with van der Waals surface area (Å²) in [5.74, 6) is -14.2. The molecule has 33 nitrogen and oxygen atoms in total. The molecule has 0 spiro atoms. The van der Waals surface area contributed by atoms with Gasteiger partial charge in [-0.3, -0.25) is 57.5 Å². The van der Waals surface area contributed by atoms with Gasteiger partial charge >= 0.3 is 0 Å². The third-order valence-corrected chi connectivity index (χ3v) is 18.6. The minimum atomic E-state index is -2.51. The fourth-order valence-electron chi connectivity index (χ4n) is 13.4. The second kappa shape index (κ2) is 34.0. The molecule has 0 bridgehead atoms. The maximum absolute atomic E-state index is 14.4. The molecule has 0 aromatic heterocycles. The number of carbonyl (C=O) groups excluding carboxylic acids is 13. The fourth-order valence-corrected chi connectivity index (χ4v) is 13.4. The van der Waals surface area contributed by atoms with Gasteiger partial charge in [-0.1, -0.05) is 45.2 Å². The topological polar surface area (TPSA) is 525 Å². The van der Waals surface area contributed by atoms with E-state index in [0.29, 0.717) is 25.7 Å². The minimum absolute atomic E-state index is 0.0253. The van der Waals surface area contributed by atoms with E-state index in [2.05, 4.69) is 37.2 Å². The zero-order valence-corrected chi connectivity index (χ0v) is 56.0. The lowest BCUT2D eigenvalue weighted by Gasteiger charge is -2.43. The van der Waals surface area contributed by atoms with E-state index in [0.717, 1.165) is 11.3 Å². The van der Waals surface area contributed by atoms with Gasteiger partial charge in [0.15, 0.2) is 17.9 Å². The molecule has 3 aliphatic carbocycles. The highest BCUT2D eigenvalue weighted by molar-refractivity contribution is 6.31. The number of phenols is 2. The number of hydrogen-bond donors (Lipinski definition) is 16. The zero-order chi connectivity index (χ0) is 73.1. The molecule has 7 rings (SSSR count). The van der Waals surface area contributed by atoms with Crippen molar-refractivity contribution in [2.45, 2.75) is 216 Å². The number of fused-ring (bicyclic) bond motifs is 3. The van der Waals surface area contributed by atoms with Crippen molar-refractivity contribution >= 4 is 76.3 Å². The molecule has 544 valence electrons. The van der Waals surface area contributed by atoms with Crippen LogP contribution in [0.2, 0.25) is 0 Å². The van der Waals surface area contributed by atoms with Crippen LogP contribution in [0.1, 0.15) is 174 Å². The molecule has 2 saturated heterocycles. The summed E-state index contributed by atoms with van der Waals surface area (Å²) >= 11 is 0. The van der Waals surface area contributed by atoms with E-state index in [9.17, 15) is 103 Å². The number of ketones is 4. The Bertz CT molecular complexity index is 3430. The number of nitrogens with one attached hydrogen (secondary N) is 7. The molecule has 1 saturated carbocycles. The van der Waals surface area contributed by atoms with Gasteiger partial charge in [0.05, 0.1) is 61.4 Å². The number of Topliss-reactive ketones (excluding diaryl/α,β-unsaturated/α-hetero) is 2. The van der Waals surface area contributed by atoms with E-state index in [1.54, 1.807) is 13.8 Å². The Kier molecular flexibility index (Phi) is 26.7. The van der Waals surface area contributed by atoms with Gasteiger partial charge in [-0.25, -0.2) is 0 Å². The predicted octanol–water partition coefficient (Wildman–Crippen LogP) is -3.31. The molecule has 2 aromatic carbocycles. The highest BCUT2D eigenvalue weighted by Crippen LogP contribution is 2.53. The fraction of sp³-hybridized carbons (Fsp3) is 0.621. The molecule has 4 unspecified atom stereocenters. The second-order valence-corrected chi connectivity index (χ2v) is 26.5. The number of carbonyl (C=O) groups is 13. The normalized spacial score (nSPS) is 23.8. The van der Waals surface area contributed by atoms with Gasteiger partial charge in [-0.2, -0.15) is 0 Å². The average Bonchev–Trinajstić information content (AvgIpc) is 1.09. The Morgan fingerprint density at radius 3 is 1.97 bits per heavy atom. The number of β-amino-alcohol motifs (C(OH)–C–C–N with tert-alkyl or cyclic N) is 1. The van der Waals surface area contributed by atoms with E-state index < -0.39 is 236 Å². The van der Waals surface area contributed by atoms with Crippen LogP contribution >= 0.6 is 0 Å². The summed E-state index contributed by atoms with van der Waals surface area (Å²) in [4.78, 5) is 177. The lowest BCUT2D eigenvalue weighted by Crippen LogP contribution is -2.62. The first-order chi connectivity index (χ1) is 46.8. The number of methoxy groups -OCH3 is 1. The largest absolute Gasteiger partial charge is 0.507 e. The molecular weight excluding hydrogens is 1300 g/mol. The number of benzene rings is 2. The number of nitrogens with zero attached hydrogens (tertiary/aromatic N) is 1.